The number of nitrogens with zero attached hydrogens (tertiary/aromatic N) is 2. The van der Waals surface area contributed by atoms with Gasteiger partial charge in [-0.2, -0.15) is 5.10 Å². The minimum Gasteiger partial charge on any atom is -0.324 e. The van der Waals surface area contributed by atoms with Gasteiger partial charge in [-0.05, 0) is 25.0 Å². The van der Waals surface area contributed by atoms with Gasteiger partial charge in [-0.1, -0.05) is 24.3 Å². The molecule has 0 spiro atoms. The smallest absolute Gasteiger partial charge is 0.0708 e. The lowest BCUT2D eigenvalue weighted by molar-refractivity contribution is 0.775. The molecule has 17 heavy (non-hydrogen) atoms. The Morgan fingerprint density at radius 3 is 2.24 bits per heavy atom. The topological polar surface area (TPSA) is 43.8 Å². The second-order valence-electron chi connectivity index (χ2n) is 4.21. The van der Waals surface area contributed by atoms with E-state index in [-0.39, 0.29) is 18.4 Å². The van der Waals surface area contributed by atoms with E-state index in [1.54, 1.807) is 0 Å². The van der Waals surface area contributed by atoms with Crippen molar-refractivity contribution < 1.29 is 0 Å². The maximum atomic E-state index is 5.82. The van der Waals surface area contributed by atoms with Gasteiger partial charge in [0, 0.05) is 18.7 Å². The molecule has 0 saturated carbocycles. The van der Waals surface area contributed by atoms with E-state index in [1.165, 1.54) is 11.1 Å². The molecule has 3 nitrogen and oxygen atoms in total. The molecule has 92 valence electrons. The van der Waals surface area contributed by atoms with E-state index in [0.29, 0.717) is 0 Å². The molecule has 1 aromatic carbocycles. The Morgan fingerprint density at radius 1 is 1.24 bits per heavy atom. The highest BCUT2D eigenvalue weighted by atomic mass is 35.5. The molecule has 4 heteroatoms. The molecule has 0 aliphatic carbocycles. The summed E-state index contributed by atoms with van der Waals surface area (Å²) in [7, 11) is 1.96. The molecule has 1 aromatic heterocycles. The summed E-state index contributed by atoms with van der Waals surface area (Å²) >= 11 is 0. The standard InChI is InChI=1S/C13H17N3.ClH/c1-9-8-15-16(3)13(9)12-6-4-11(5-7-12)10(2)14;/h4-8,10H,14H2,1-3H3;1H. The van der Waals surface area contributed by atoms with Gasteiger partial charge in [0.25, 0.3) is 0 Å². The zero-order valence-corrected chi connectivity index (χ0v) is 11.2. The van der Waals surface area contributed by atoms with Crippen LogP contribution in [-0.4, -0.2) is 9.78 Å². The van der Waals surface area contributed by atoms with Crippen LogP contribution in [0.3, 0.4) is 0 Å². The summed E-state index contributed by atoms with van der Waals surface area (Å²) in [6.45, 7) is 4.06. The molecule has 2 N–H and O–H groups in total. The lowest BCUT2D eigenvalue weighted by atomic mass is 10.0. The Kier molecular flexibility index (Phi) is 4.32. The van der Waals surface area contributed by atoms with Gasteiger partial charge in [-0.3, -0.25) is 4.68 Å². The van der Waals surface area contributed by atoms with Crippen LogP contribution >= 0.6 is 12.4 Å². The van der Waals surface area contributed by atoms with Gasteiger partial charge >= 0.3 is 0 Å². The number of rotatable bonds is 2. The van der Waals surface area contributed by atoms with Gasteiger partial charge in [-0.15, -0.1) is 12.4 Å². The molecule has 0 aliphatic heterocycles. The van der Waals surface area contributed by atoms with Crippen LogP contribution in [0.4, 0.5) is 0 Å². The number of aryl methyl sites for hydroxylation is 2. The molecule has 0 aliphatic rings. The minimum absolute atomic E-state index is 0. The highest BCUT2D eigenvalue weighted by Gasteiger charge is 2.07. The van der Waals surface area contributed by atoms with Crippen molar-refractivity contribution >= 4 is 12.4 Å². The van der Waals surface area contributed by atoms with Crippen LogP contribution in [-0.2, 0) is 7.05 Å². The van der Waals surface area contributed by atoms with Crippen molar-refractivity contribution in [3.05, 3.63) is 41.6 Å². The summed E-state index contributed by atoms with van der Waals surface area (Å²) in [6, 6.07) is 8.44. The van der Waals surface area contributed by atoms with Crippen LogP contribution in [0.15, 0.2) is 30.5 Å². The fourth-order valence-corrected chi connectivity index (χ4v) is 1.91. The van der Waals surface area contributed by atoms with Gasteiger partial charge in [-0.25, -0.2) is 0 Å². The predicted octanol–water partition coefficient (Wildman–Crippen LogP) is 2.84. The largest absolute Gasteiger partial charge is 0.324 e. The van der Waals surface area contributed by atoms with Crippen LogP contribution in [0.5, 0.6) is 0 Å². The lowest BCUT2D eigenvalue weighted by Crippen LogP contribution is -2.04. The summed E-state index contributed by atoms with van der Waals surface area (Å²) in [5.74, 6) is 0. The Hall–Kier alpha value is -1.32. The van der Waals surface area contributed by atoms with Gasteiger partial charge in [0.15, 0.2) is 0 Å². The first-order chi connectivity index (χ1) is 7.59. The second-order valence-corrected chi connectivity index (χ2v) is 4.21. The Morgan fingerprint density at radius 2 is 1.82 bits per heavy atom. The van der Waals surface area contributed by atoms with E-state index < -0.39 is 0 Å². The molecule has 1 atom stereocenters. The maximum absolute atomic E-state index is 5.82. The van der Waals surface area contributed by atoms with E-state index in [2.05, 4.69) is 36.3 Å². The van der Waals surface area contributed by atoms with Crippen molar-refractivity contribution in [2.45, 2.75) is 19.9 Å². The molecule has 0 saturated heterocycles. The lowest BCUT2D eigenvalue weighted by Gasteiger charge is -2.08. The van der Waals surface area contributed by atoms with Crippen molar-refractivity contribution in [1.82, 2.24) is 9.78 Å². The first-order valence-corrected chi connectivity index (χ1v) is 5.44. The number of aromatic nitrogens is 2. The van der Waals surface area contributed by atoms with Crippen LogP contribution in [0, 0.1) is 6.92 Å². The van der Waals surface area contributed by atoms with Crippen LogP contribution in [0.1, 0.15) is 24.1 Å². The average Bonchev–Trinajstić information content (AvgIpc) is 2.59. The molecular formula is C13H18ClN3. The van der Waals surface area contributed by atoms with Crippen molar-refractivity contribution in [2.24, 2.45) is 12.8 Å². The first kappa shape index (κ1) is 13.7. The number of nitrogens with two attached hydrogens (primary N) is 1. The molecule has 0 bridgehead atoms. The minimum atomic E-state index is 0. The maximum Gasteiger partial charge on any atom is 0.0708 e. The third kappa shape index (κ3) is 2.68. The number of hydrogen-bond donors (Lipinski definition) is 1. The van der Waals surface area contributed by atoms with Gasteiger partial charge in [0.1, 0.15) is 0 Å². The molecule has 1 unspecified atom stereocenters. The van der Waals surface area contributed by atoms with Crippen molar-refractivity contribution in [3.8, 4) is 11.3 Å². The number of halogens is 1. The summed E-state index contributed by atoms with van der Waals surface area (Å²) in [6.07, 6.45) is 1.88. The van der Waals surface area contributed by atoms with Gasteiger partial charge in [0.2, 0.25) is 0 Å². The zero-order valence-electron chi connectivity index (χ0n) is 10.3. The molecule has 2 rings (SSSR count). The summed E-state index contributed by atoms with van der Waals surface area (Å²) < 4.78 is 1.90. The number of hydrogen-bond acceptors (Lipinski definition) is 2. The summed E-state index contributed by atoms with van der Waals surface area (Å²) in [5.41, 5.74) is 10.5. The number of benzene rings is 1. The van der Waals surface area contributed by atoms with Gasteiger partial charge < -0.3 is 5.73 Å². The van der Waals surface area contributed by atoms with Crippen molar-refractivity contribution in [1.29, 1.82) is 0 Å². The molecular weight excluding hydrogens is 234 g/mol. The molecule has 1 heterocycles. The van der Waals surface area contributed by atoms with Crippen LogP contribution in [0.2, 0.25) is 0 Å². The molecule has 2 aromatic rings. The fraction of sp³-hybridized carbons (Fsp3) is 0.308. The van der Waals surface area contributed by atoms with Crippen molar-refractivity contribution in [2.75, 3.05) is 0 Å². The Bertz CT molecular complexity index is 466. The molecule has 0 amide bonds. The average molecular weight is 252 g/mol. The summed E-state index contributed by atoms with van der Waals surface area (Å²) in [5, 5.41) is 4.24. The third-order valence-electron chi connectivity index (χ3n) is 2.83. The Labute approximate surface area is 108 Å². The highest BCUT2D eigenvalue weighted by Crippen LogP contribution is 2.23. The highest BCUT2D eigenvalue weighted by molar-refractivity contribution is 5.85. The first-order valence-electron chi connectivity index (χ1n) is 5.44. The molecule has 0 radical (unpaired) electrons. The SMILES string of the molecule is Cc1cnn(C)c1-c1ccc(C(C)N)cc1.Cl. The van der Waals surface area contributed by atoms with Crippen molar-refractivity contribution in [3.63, 3.8) is 0 Å². The summed E-state index contributed by atoms with van der Waals surface area (Å²) in [4.78, 5) is 0. The van der Waals surface area contributed by atoms with E-state index in [4.69, 9.17) is 5.73 Å². The zero-order chi connectivity index (χ0) is 11.7. The van der Waals surface area contributed by atoms with Gasteiger partial charge in [0.05, 0.1) is 11.9 Å². The van der Waals surface area contributed by atoms with Crippen LogP contribution < -0.4 is 5.73 Å². The third-order valence-corrected chi connectivity index (χ3v) is 2.83. The molecule has 0 fully saturated rings. The van der Waals surface area contributed by atoms with E-state index >= 15 is 0 Å². The second kappa shape index (κ2) is 5.34. The normalized spacial score (nSPS) is 12.0. The van der Waals surface area contributed by atoms with E-state index in [0.717, 1.165) is 11.3 Å². The quantitative estimate of drug-likeness (QED) is 0.892. The monoisotopic (exact) mass is 251 g/mol. The van der Waals surface area contributed by atoms with Crippen LogP contribution in [0.25, 0.3) is 11.3 Å². The predicted molar refractivity (Wildman–Crippen MR) is 73.2 cm³/mol. The fourth-order valence-electron chi connectivity index (χ4n) is 1.91. The van der Waals surface area contributed by atoms with E-state index in [1.807, 2.05) is 24.9 Å². The van der Waals surface area contributed by atoms with E-state index in [9.17, 15) is 0 Å². The Balaban J connectivity index is 0.00000144.